The Hall–Kier alpha value is -1.67. The molecule has 19 heavy (non-hydrogen) atoms. The van der Waals surface area contributed by atoms with Gasteiger partial charge in [0, 0.05) is 6.54 Å². The lowest BCUT2D eigenvalue weighted by molar-refractivity contribution is 0.315. The highest BCUT2D eigenvalue weighted by molar-refractivity contribution is 7.89. The quantitative estimate of drug-likeness (QED) is 0.364. The first kappa shape index (κ1) is 15.4. The van der Waals surface area contributed by atoms with Gasteiger partial charge in [0.05, 0.1) is 11.4 Å². The minimum Gasteiger partial charge on any atom is -0.409 e. The van der Waals surface area contributed by atoms with Crippen LogP contribution in [0.1, 0.15) is 12.5 Å². The van der Waals surface area contributed by atoms with Gasteiger partial charge < -0.3 is 10.9 Å². The summed E-state index contributed by atoms with van der Waals surface area (Å²) in [5, 5.41) is 11.2. The number of aryl methyl sites for hydroxylation is 1. The zero-order valence-corrected chi connectivity index (χ0v) is 11.5. The molecule has 0 fully saturated rings. The summed E-state index contributed by atoms with van der Waals surface area (Å²) in [6.07, 6.45) is 0. The van der Waals surface area contributed by atoms with Crippen LogP contribution in [-0.4, -0.2) is 36.9 Å². The molecular formula is C11H16FN3O3S. The van der Waals surface area contributed by atoms with Crippen LogP contribution in [0, 0.1) is 12.7 Å². The number of hydrogen-bond donors (Lipinski definition) is 2. The van der Waals surface area contributed by atoms with Gasteiger partial charge in [0.2, 0.25) is 10.0 Å². The number of benzene rings is 1. The third kappa shape index (κ3) is 3.42. The molecule has 0 saturated heterocycles. The van der Waals surface area contributed by atoms with E-state index in [1.165, 1.54) is 12.1 Å². The second-order valence-corrected chi connectivity index (χ2v) is 5.84. The van der Waals surface area contributed by atoms with Crippen LogP contribution in [0.4, 0.5) is 4.39 Å². The van der Waals surface area contributed by atoms with Gasteiger partial charge in [-0.1, -0.05) is 18.1 Å². The van der Waals surface area contributed by atoms with Crippen molar-refractivity contribution in [3.8, 4) is 0 Å². The van der Waals surface area contributed by atoms with Crippen LogP contribution in [0.25, 0.3) is 0 Å². The number of sulfonamides is 1. The van der Waals surface area contributed by atoms with Gasteiger partial charge in [-0.05, 0) is 24.6 Å². The van der Waals surface area contributed by atoms with Gasteiger partial charge in [-0.15, -0.1) is 0 Å². The molecule has 8 heteroatoms. The molecule has 0 aromatic heterocycles. The Morgan fingerprint density at radius 2 is 2.16 bits per heavy atom. The molecule has 0 unspecified atom stereocenters. The number of likely N-dealkylation sites (N-methyl/N-ethyl adjacent to an activating group) is 1. The molecule has 3 N–H and O–H groups in total. The molecule has 1 aromatic rings. The predicted octanol–water partition coefficient (Wildman–Crippen LogP) is 0.891. The van der Waals surface area contributed by atoms with Gasteiger partial charge in [0.25, 0.3) is 0 Å². The first-order valence-electron chi connectivity index (χ1n) is 5.55. The topological polar surface area (TPSA) is 96.0 Å². The lowest BCUT2D eigenvalue weighted by Crippen LogP contribution is -2.38. The van der Waals surface area contributed by atoms with Crippen molar-refractivity contribution in [1.82, 2.24) is 4.31 Å². The molecule has 0 spiro atoms. The Bertz CT molecular complexity index is 587. The van der Waals surface area contributed by atoms with Gasteiger partial charge in [-0.2, -0.15) is 4.31 Å². The highest BCUT2D eigenvalue weighted by Gasteiger charge is 2.26. The van der Waals surface area contributed by atoms with E-state index < -0.39 is 15.8 Å². The number of halogens is 1. The van der Waals surface area contributed by atoms with Crippen molar-refractivity contribution in [3.05, 3.63) is 29.6 Å². The Morgan fingerprint density at radius 1 is 1.53 bits per heavy atom. The van der Waals surface area contributed by atoms with Crippen molar-refractivity contribution in [3.63, 3.8) is 0 Å². The molecule has 0 saturated carbocycles. The maximum absolute atomic E-state index is 13.2. The molecule has 0 amide bonds. The molecule has 0 aliphatic carbocycles. The van der Waals surface area contributed by atoms with Crippen LogP contribution in [0.3, 0.4) is 0 Å². The van der Waals surface area contributed by atoms with Crippen LogP contribution in [-0.2, 0) is 10.0 Å². The minimum absolute atomic E-state index is 0.120. The van der Waals surface area contributed by atoms with E-state index in [9.17, 15) is 12.8 Å². The van der Waals surface area contributed by atoms with Crippen LogP contribution in [0.15, 0.2) is 28.3 Å². The first-order chi connectivity index (χ1) is 8.82. The molecule has 1 aromatic carbocycles. The van der Waals surface area contributed by atoms with Crippen molar-refractivity contribution < 1.29 is 18.0 Å². The Balaban J connectivity index is 3.24. The van der Waals surface area contributed by atoms with Crippen LogP contribution in [0.2, 0.25) is 0 Å². The predicted molar refractivity (Wildman–Crippen MR) is 69.0 cm³/mol. The van der Waals surface area contributed by atoms with E-state index in [0.29, 0.717) is 5.56 Å². The van der Waals surface area contributed by atoms with E-state index in [1.54, 1.807) is 13.8 Å². The molecule has 1 rings (SSSR count). The molecule has 0 atom stereocenters. The third-order valence-electron chi connectivity index (χ3n) is 2.59. The van der Waals surface area contributed by atoms with Crippen LogP contribution < -0.4 is 5.73 Å². The molecule has 0 bridgehead atoms. The highest BCUT2D eigenvalue weighted by atomic mass is 32.2. The van der Waals surface area contributed by atoms with Gasteiger partial charge in [-0.25, -0.2) is 12.8 Å². The van der Waals surface area contributed by atoms with Crippen molar-refractivity contribution in [2.24, 2.45) is 10.9 Å². The first-order valence-corrected chi connectivity index (χ1v) is 6.99. The fourth-order valence-electron chi connectivity index (χ4n) is 1.57. The lowest BCUT2D eigenvalue weighted by Gasteiger charge is -2.20. The zero-order valence-electron chi connectivity index (χ0n) is 10.7. The molecule has 0 aliphatic heterocycles. The number of rotatable bonds is 5. The van der Waals surface area contributed by atoms with E-state index in [4.69, 9.17) is 10.9 Å². The summed E-state index contributed by atoms with van der Waals surface area (Å²) < 4.78 is 38.9. The highest BCUT2D eigenvalue weighted by Crippen LogP contribution is 2.20. The van der Waals surface area contributed by atoms with Crippen LogP contribution in [0.5, 0.6) is 0 Å². The van der Waals surface area contributed by atoms with Gasteiger partial charge >= 0.3 is 0 Å². The monoisotopic (exact) mass is 289 g/mol. The summed E-state index contributed by atoms with van der Waals surface area (Å²) >= 11 is 0. The third-order valence-corrected chi connectivity index (χ3v) is 4.65. The average Bonchev–Trinajstić information content (AvgIpc) is 2.37. The molecule has 0 radical (unpaired) electrons. The summed E-state index contributed by atoms with van der Waals surface area (Å²) in [6.45, 7) is 3.04. The molecular weight excluding hydrogens is 273 g/mol. The Kier molecular flexibility index (Phi) is 4.84. The van der Waals surface area contributed by atoms with Gasteiger partial charge in [0.1, 0.15) is 5.82 Å². The average molecular weight is 289 g/mol. The largest absolute Gasteiger partial charge is 0.409 e. The SMILES string of the molecule is CCN(CC(N)=NO)S(=O)(=O)c1cc(F)ccc1C. The molecule has 0 heterocycles. The van der Waals surface area contributed by atoms with E-state index in [-0.39, 0.29) is 23.8 Å². The number of nitrogens with zero attached hydrogens (tertiary/aromatic N) is 2. The molecule has 0 aliphatic rings. The van der Waals surface area contributed by atoms with E-state index in [2.05, 4.69) is 5.16 Å². The summed E-state index contributed by atoms with van der Waals surface area (Å²) in [5.74, 6) is -0.872. The molecule has 106 valence electrons. The smallest absolute Gasteiger partial charge is 0.243 e. The molecule has 6 nitrogen and oxygen atoms in total. The van der Waals surface area contributed by atoms with Gasteiger partial charge in [0.15, 0.2) is 5.84 Å². The van der Waals surface area contributed by atoms with Gasteiger partial charge in [-0.3, -0.25) is 0 Å². The second-order valence-electron chi connectivity index (χ2n) is 3.93. The fourth-order valence-corrected chi connectivity index (χ4v) is 3.23. The number of amidine groups is 1. The summed E-state index contributed by atoms with van der Waals surface area (Å²) in [7, 11) is -3.89. The number of oxime groups is 1. The number of nitrogens with two attached hydrogens (primary N) is 1. The number of hydrogen-bond acceptors (Lipinski definition) is 4. The fraction of sp³-hybridized carbons (Fsp3) is 0.364. The minimum atomic E-state index is -3.89. The van der Waals surface area contributed by atoms with E-state index >= 15 is 0 Å². The summed E-state index contributed by atoms with van der Waals surface area (Å²) in [6, 6.07) is 3.54. The van der Waals surface area contributed by atoms with Crippen molar-refractivity contribution in [1.29, 1.82) is 0 Å². The maximum atomic E-state index is 13.2. The van der Waals surface area contributed by atoms with E-state index in [0.717, 1.165) is 10.4 Å². The van der Waals surface area contributed by atoms with Crippen molar-refractivity contribution in [2.75, 3.05) is 13.1 Å². The Labute approximate surface area is 111 Å². The normalized spacial score (nSPS) is 12.9. The van der Waals surface area contributed by atoms with Crippen molar-refractivity contribution in [2.45, 2.75) is 18.7 Å². The maximum Gasteiger partial charge on any atom is 0.243 e. The summed E-state index contributed by atoms with van der Waals surface area (Å²) in [5.41, 5.74) is 5.74. The standard InChI is InChI=1S/C11H16FN3O3S/c1-3-15(7-11(13)14-16)19(17,18)10-6-9(12)5-4-8(10)2/h4-6,16H,3,7H2,1-2H3,(H2,13,14). The zero-order chi connectivity index (χ0) is 14.6. The van der Waals surface area contributed by atoms with Crippen LogP contribution >= 0.6 is 0 Å². The lowest BCUT2D eigenvalue weighted by atomic mass is 10.2. The Morgan fingerprint density at radius 3 is 2.68 bits per heavy atom. The second kappa shape index (κ2) is 5.98. The summed E-state index contributed by atoms with van der Waals surface area (Å²) in [4.78, 5) is -0.125. The van der Waals surface area contributed by atoms with Crippen molar-refractivity contribution >= 4 is 15.9 Å². The van der Waals surface area contributed by atoms with E-state index in [1.807, 2.05) is 0 Å².